The molecule has 0 aromatic carbocycles. The van der Waals surface area contributed by atoms with Crippen LogP contribution in [0.25, 0.3) is 0 Å². The van der Waals surface area contributed by atoms with E-state index in [1.165, 1.54) is 7.11 Å². The van der Waals surface area contributed by atoms with Crippen LogP contribution in [0.5, 0.6) is 0 Å². The highest BCUT2D eigenvalue weighted by Crippen LogP contribution is 2.76. The van der Waals surface area contributed by atoms with Crippen LogP contribution in [-0.4, -0.2) is 62.0 Å². The zero-order valence-electron chi connectivity index (χ0n) is 30.2. The van der Waals surface area contributed by atoms with Gasteiger partial charge in [0.2, 0.25) is 11.6 Å². The topological polar surface area (TPSA) is 114 Å². The average Bonchev–Trinajstić information content (AvgIpc) is 3.46. The quantitative estimate of drug-likeness (QED) is 0.175. The largest absolute Gasteiger partial charge is 0.508 e. The van der Waals surface area contributed by atoms with Crippen LogP contribution in [0.4, 0.5) is 4.79 Å². The Morgan fingerprint density at radius 2 is 1.57 bits per heavy atom. The van der Waals surface area contributed by atoms with Gasteiger partial charge < -0.3 is 23.7 Å². The van der Waals surface area contributed by atoms with E-state index in [9.17, 15) is 19.2 Å². The van der Waals surface area contributed by atoms with Gasteiger partial charge in [-0.15, -0.1) is 0 Å². The predicted octanol–water partition coefficient (Wildman–Crippen LogP) is 6.99. The molecule has 0 bridgehead atoms. The number of fused-ring (bicyclic) bond motifs is 7. The highest BCUT2D eigenvalue weighted by atomic mass is 16.8. The van der Waals surface area contributed by atoms with Crippen LogP contribution >= 0.6 is 0 Å². The maximum atomic E-state index is 13.7. The van der Waals surface area contributed by atoms with Crippen molar-refractivity contribution in [1.82, 2.24) is 0 Å². The van der Waals surface area contributed by atoms with Crippen molar-refractivity contribution in [2.45, 2.75) is 132 Å². The minimum Gasteiger partial charge on any atom is -0.468 e. The number of rotatable bonds is 5. The van der Waals surface area contributed by atoms with E-state index in [1.807, 2.05) is 27.7 Å². The first kappa shape index (κ1) is 34.6. The fraction of sp³-hybridized carbons (Fsp3) is 0.842. The molecule has 262 valence electrons. The first-order chi connectivity index (χ1) is 21.8. The lowest BCUT2D eigenvalue weighted by molar-refractivity contribution is -0.230. The minimum atomic E-state index is -1.47. The average molecular weight is 657 g/mol. The fourth-order valence-electron chi connectivity index (χ4n) is 12.2. The molecule has 9 nitrogen and oxygen atoms in total. The normalized spacial score (nSPS) is 43.5. The molecule has 1 aliphatic heterocycles. The van der Waals surface area contributed by atoms with E-state index in [4.69, 9.17) is 23.7 Å². The number of allylic oxidation sites excluding steroid dienone is 1. The lowest BCUT2D eigenvalue weighted by atomic mass is 9.33. The highest BCUT2D eigenvalue weighted by molar-refractivity contribution is 6.52. The van der Waals surface area contributed by atoms with E-state index in [2.05, 4.69) is 34.6 Å². The van der Waals surface area contributed by atoms with Crippen molar-refractivity contribution in [3.63, 3.8) is 0 Å². The molecule has 9 heteroatoms. The van der Waals surface area contributed by atoms with Crippen LogP contribution < -0.4 is 0 Å². The van der Waals surface area contributed by atoms with Gasteiger partial charge in [-0.2, -0.15) is 0 Å². The van der Waals surface area contributed by atoms with E-state index in [-0.39, 0.29) is 52.3 Å². The summed E-state index contributed by atoms with van der Waals surface area (Å²) in [5.74, 6) is -1.76. The monoisotopic (exact) mass is 656 g/mol. The van der Waals surface area contributed by atoms with E-state index in [0.29, 0.717) is 36.9 Å². The second kappa shape index (κ2) is 11.1. The van der Waals surface area contributed by atoms with Crippen molar-refractivity contribution in [3.05, 3.63) is 11.1 Å². The molecular formula is C38H56O9. The van der Waals surface area contributed by atoms with Crippen molar-refractivity contribution in [2.75, 3.05) is 20.3 Å². The standard InChI is InChI=1S/C38H56O9/c1-21(2)27-28-23-11-12-25-35(7)15-14-26(46-32(42)44-19-22-20-45-34(5,6)47-22)33(3,4)24(35)13-16-37(25,9)36(23,8)17-18-38(28,31(41)43-10)30(40)29(27)39/h21-26H,11-20H2,1-10H3. The Bertz CT molecular complexity index is 1390. The van der Waals surface area contributed by atoms with Crippen LogP contribution in [0.3, 0.4) is 0 Å². The SMILES string of the molecule is COC(=O)C12CCC3(C)C(CCC4C5(C)CCC(OC(=O)OCC6COC(C)(C)O6)C(C)(C)C5CCC43C)C1=C(C(C)C)C(=O)C2=O. The second-order valence-corrected chi connectivity index (χ2v) is 17.6. The molecule has 9 atom stereocenters. The Morgan fingerprint density at radius 1 is 0.872 bits per heavy atom. The Labute approximate surface area is 280 Å². The Kier molecular flexibility index (Phi) is 8.19. The van der Waals surface area contributed by atoms with Crippen molar-refractivity contribution in [1.29, 1.82) is 0 Å². The second-order valence-electron chi connectivity index (χ2n) is 17.6. The van der Waals surface area contributed by atoms with Gasteiger partial charge in [-0.1, -0.05) is 48.5 Å². The number of Topliss-reactive ketones (excluding diaryl/α,β-unsaturated/α-hetero) is 2. The molecule has 6 aliphatic rings. The number of carbonyl (C=O) groups excluding carboxylic acids is 4. The van der Waals surface area contributed by atoms with Gasteiger partial charge in [-0.3, -0.25) is 14.4 Å². The third-order valence-corrected chi connectivity index (χ3v) is 14.6. The summed E-state index contributed by atoms with van der Waals surface area (Å²) in [5.41, 5.74) is -0.633. The summed E-state index contributed by atoms with van der Waals surface area (Å²) in [4.78, 5) is 53.7. The van der Waals surface area contributed by atoms with E-state index in [0.717, 1.165) is 44.1 Å². The number of ether oxygens (including phenoxy) is 5. The molecule has 6 rings (SSSR count). The van der Waals surface area contributed by atoms with Crippen molar-refractivity contribution < 1.29 is 42.9 Å². The molecule has 0 radical (unpaired) electrons. The van der Waals surface area contributed by atoms with Crippen LogP contribution in [0.1, 0.15) is 114 Å². The summed E-state index contributed by atoms with van der Waals surface area (Å²) in [5, 5.41) is 0. The molecule has 47 heavy (non-hydrogen) atoms. The Hall–Kier alpha value is -2.26. The third kappa shape index (κ3) is 4.74. The molecule has 0 spiro atoms. The molecule has 0 N–H and O–H groups in total. The predicted molar refractivity (Wildman–Crippen MR) is 173 cm³/mol. The number of hydrogen-bond acceptors (Lipinski definition) is 9. The third-order valence-electron chi connectivity index (χ3n) is 14.6. The summed E-state index contributed by atoms with van der Waals surface area (Å²) < 4.78 is 28.2. The maximum absolute atomic E-state index is 13.7. The minimum absolute atomic E-state index is 0.0162. The molecule has 0 amide bonds. The summed E-state index contributed by atoms with van der Waals surface area (Å²) in [6, 6.07) is 0. The summed E-state index contributed by atoms with van der Waals surface area (Å²) >= 11 is 0. The first-order valence-corrected chi connectivity index (χ1v) is 17.9. The van der Waals surface area contributed by atoms with E-state index in [1.54, 1.807) is 0 Å². The number of hydrogen-bond donors (Lipinski definition) is 0. The van der Waals surface area contributed by atoms with Gasteiger partial charge >= 0.3 is 12.1 Å². The van der Waals surface area contributed by atoms with Crippen molar-refractivity contribution >= 4 is 23.7 Å². The zero-order valence-corrected chi connectivity index (χ0v) is 30.2. The van der Waals surface area contributed by atoms with Crippen molar-refractivity contribution in [2.24, 2.45) is 50.7 Å². The number of methoxy groups -OCH3 is 1. The van der Waals surface area contributed by atoms with Gasteiger partial charge in [0.05, 0.1) is 13.7 Å². The summed E-state index contributed by atoms with van der Waals surface area (Å²) in [6.45, 7) is 19.9. The van der Waals surface area contributed by atoms with Crippen LogP contribution in [0.2, 0.25) is 0 Å². The van der Waals surface area contributed by atoms with Gasteiger partial charge in [-0.25, -0.2) is 4.79 Å². The Balaban J connectivity index is 1.25. The zero-order chi connectivity index (χ0) is 34.5. The number of carbonyl (C=O) groups is 4. The highest BCUT2D eigenvalue weighted by Gasteiger charge is 2.73. The Morgan fingerprint density at radius 3 is 2.19 bits per heavy atom. The fourth-order valence-corrected chi connectivity index (χ4v) is 12.2. The smallest absolute Gasteiger partial charge is 0.468 e. The molecule has 9 unspecified atom stereocenters. The molecular weight excluding hydrogens is 600 g/mol. The summed E-state index contributed by atoms with van der Waals surface area (Å²) in [7, 11) is 1.33. The van der Waals surface area contributed by atoms with Gasteiger partial charge in [0.15, 0.2) is 11.2 Å². The number of ketones is 2. The molecule has 1 heterocycles. The van der Waals surface area contributed by atoms with Crippen LogP contribution in [0.15, 0.2) is 11.1 Å². The lowest BCUT2D eigenvalue weighted by Gasteiger charge is -2.71. The van der Waals surface area contributed by atoms with Crippen molar-refractivity contribution in [3.8, 4) is 0 Å². The number of esters is 1. The lowest BCUT2D eigenvalue weighted by Crippen LogP contribution is -2.66. The molecule has 0 aromatic heterocycles. The maximum Gasteiger partial charge on any atom is 0.508 e. The van der Waals surface area contributed by atoms with Crippen LogP contribution in [-0.2, 0) is 38.1 Å². The molecule has 5 fully saturated rings. The molecule has 4 saturated carbocycles. The first-order valence-electron chi connectivity index (χ1n) is 17.9. The van der Waals surface area contributed by atoms with Gasteiger partial charge in [-0.05, 0) is 111 Å². The van der Waals surface area contributed by atoms with Crippen LogP contribution in [0, 0.1) is 50.7 Å². The summed E-state index contributed by atoms with van der Waals surface area (Å²) in [6.07, 6.45) is 5.29. The van der Waals surface area contributed by atoms with E-state index >= 15 is 0 Å². The van der Waals surface area contributed by atoms with Gasteiger partial charge in [0.25, 0.3) is 0 Å². The van der Waals surface area contributed by atoms with E-state index < -0.39 is 34.9 Å². The molecule has 5 aliphatic carbocycles. The molecule has 0 aromatic rings. The van der Waals surface area contributed by atoms with Gasteiger partial charge in [0, 0.05) is 11.0 Å². The van der Waals surface area contributed by atoms with Gasteiger partial charge in [0.1, 0.15) is 18.8 Å². The molecule has 1 saturated heterocycles.